The minimum atomic E-state index is -0.509. The van der Waals surface area contributed by atoms with Gasteiger partial charge in [-0.3, -0.25) is 4.79 Å². The number of thiophene rings is 1. The van der Waals surface area contributed by atoms with Crippen molar-refractivity contribution in [3.05, 3.63) is 41.5 Å². The Balaban J connectivity index is 2.32. The van der Waals surface area contributed by atoms with Crippen LogP contribution in [0, 0.1) is 0 Å². The highest BCUT2D eigenvalue weighted by Gasteiger charge is 2.12. The van der Waals surface area contributed by atoms with Crippen molar-refractivity contribution in [3.8, 4) is 10.4 Å². The molecule has 5 heteroatoms. The molecular formula is C14H16N2O2S. The average molecular weight is 276 g/mol. The molecule has 0 aliphatic heterocycles. The zero-order chi connectivity index (χ0) is 14.0. The normalized spacial score (nSPS) is 12.3. The van der Waals surface area contributed by atoms with Gasteiger partial charge in [0, 0.05) is 17.4 Å². The van der Waals surface area contributed by atoms with Crippen LogP contribution in [-0.2, 0) is 0 Å². The SMILES string of the molecule is CC(CO)c1ccc(-c2cc(C(N)=O)c(N)s2)cc1. The highest BCUT2D eigenvalue weighted by molar-refractivity contribution is 7.19. The summed E-state index contributed by atoms with van der Waals surface area (Å²) in [5.74, 6) is -0.394. The van der Waals surface area contributed by atoms with Crippen LogP contribution < -0.4 is 11.5 Å². The molecule has 2 aromatic rings. The molecule has 0 radical (unpaired) electrons. The Labute approximate surface area is 115 Å². The van der Waals surface area contributed by atoms with Crippen molar-refractivity contribution in [3.63, 3.8) is 0 Å². The number of carbonyl (C=O) groups excluding carboxylic acids is 1. The third-order valence-electron chi connectivity index (χ3n) is 3.06. The zero-order valence-electron chi connectivity index (χ0n) is 10.6. The lowest BCUT2D eigenvalue weighted by molar-refractivity contribution is 0.100. The second kappa shape index (κ2) is 5.42. The predicted octanol–water partition coefficient (Wildman–Crippen LogP) is 2.19. The molecule has 5 N–H and O–H groups in total. The summed E-state index contributed by atoms with van der Waals surface area (Å²) >= 11 is 1.34. The number of hydrogen-bond donors (Lipinski definition) is 3. The number of nitrogen functional groups attached to an aromatic ring is 1. The van der Waals surface area contributed by atoms with Gasteiger partial charge in [-0.05, 0) is 17.2 Å². The third kappa shape index (κ3) is 2.77. The number of anilines is 1. The third-order valence-corrected chi connectivity index (χ3v) is 4.08. The number of rotatable bonds is 4. The molecule has 0 bridgehead atoms. The fourth-order valence-corrected chi connectivity index (χ4v) is 2.76. The number of aliphatic hydroxyl groups is 1. The lowest BCUT2D eigenvalue weighted by atomic mass is 10.0. The van der Waals surface area contributed by atoms with E-state index in [-0.39, 0.29) is 12.5 Å². The summed E-state index contributed by atoms with van der Waals surface area (Å²) in [5.41, 5.74) is 13.4. The Morgan fingerprint density at radius 3 is 2.47 bits per heavy atom. The molecule has 0 saturated heterocycles. The minimum absolute atomic E-state index is 0.114. The van der Waals surface area contributed by atoms with Crippen LogP contribution in [0.15, 0.2) is 30.3 Å². The molecule has 1 atom stereocenters. The Kier molecular flexibility index (Phi) is 3.87. The van der Waals surface area contributed by atoms with E-state index in [1.165, 1.54) is 11.3 Å². The number of nitrogens with two attached hydrogens (primary N) is 2. The number of hydrogen-bond acceptors (Lipinski definition) is 4. The van der Waals surface area contributed by atoms with Crippen molar-refractivity contribution in [2.24, 2.45) is 5.73 Å². The van der Waals surface area contributed by atoms with Gasteiger partial charge < -0.3 is 16.6 Å². The van der Waals surface area contributed by atoms with E-state index in [4.69, 9.17) is 16.6 Å². The monoisotopic (exact) mass is 276 g/mol. The van der Waals surface area contributed by atoms with Crippen molar-refractivity contribution in [2.75, 3.05) is 12.3 Å². The van der Waals surface area contributed by atoms with Crippen molar-refractivity contribution in [1.82, 2.24) is 0 Å². The Hall–Kier alpha value is -1.85. The molecule has 1 amide bonds. The first-order chi connectivity index (χ1) is 9.02. The van der Waals surface area contributed by atoms with Crippen LogP contribution in [0.1, 0.15) is 28.8 Å². The molecule has 4 nitrogen and oxygen atoms in total. The van der Waals surface area contributed by atoms with Crippen molar-refractivity contribution in [2.45, 2.75) is 12.8 Å². The lowest BCUT2D eigenvalue weighted by Gasteiger charge is -2.08. The highest BCUT2D eigenvalue weighted by atomic mass is 32.1. The number of benzene rings is 1. The van der Waals surface area contributed by atoms with Gasteiger partial charge in [-0.1, -0.05) is 31.2 Å². The highest BCUT2D eigenvalue weighted by Crippen LogP contribution is 2.33. The first-order valence-electron chi connectivity index (χ1n) is 5.93. The van der Waals surface area contributed by atoms with Gasteiger partial charge in [0.05, 0.1) is 10.6 Å². The quantitative estimate of drug-likeness (QED) is 0.799. The average Bonchev–Trinajstić information content (AvgIpc) is 2.80. The Bertz CT molecular complexity index is 590. The van der Waals surface area contributed by atoms with Crippen LogP contribution in [0.2, 0.25) is 0 Å². The first kappa shape index (κ1) is 13.6. The second-order valence-corrected chi connectivity index (χ2v) is 5.54. The molecule has 0 aliphatic carbocycles. The molecule has 1 heterocycles. The summed E-state index contributed by atoms with van der Waals surface area (Å²) in [6.45, 7) is 2.08. The van der Waals surface area contributed by atoms with Crippen LogP contribution in [0.4, 0.5) is 5.00 Å². The predicted molar refractivity (Wildman–Crippen MR) is 78.2 cm³/mol. The molecule has 19 heavy (non-hydrogen) atoms. The van der Waals surface area contributed by atoms with Crippen molar-refractivity contribution < 1.29 is 9.90 Å². The number of amides is 1. The number of primary amides is 1. The van der Waals surface area contributed by atoms with Crippen LogP contribution in [0.25, 0.3) is 10.4 Å². The van der Waals surface area contributed by atoms with E-state index in [2.05, 4.69) is 0 Å². The van der Waals surface area contributed by atoms with Crippen LogP contribution >= 0.6 is 11.3 Å². The van der Waals surface area contributed by atoms with Gasteiger partial charge in [0.25, 0.3) is 5.91 Å². The Morgan fingerprint density at radius 1 is 1.37 bits per heavy atom. The van der Waals surface area contributed by atoms with Gasteiger partial charge in [-0.25, -0.2) is 0 Å². The lowest BCUT2D eigenvalue weighted by Crippen LogP contribution is -2.11. The van der Waals surface area contributed by atoms with Crippen LogP contribution in [0.5, 0.6) is 0 Å². The Morgan fingerprint density at radius 2 is 2.00 bits per heavy atom. The van der Waals surface area contributed by atoms with E-state index < -0.39 is 5.91 Å². The molecular weight excluding hydrogens is 260 g/mol. The summed E-state index contributed by atoms with van der Waals surface area (Å²) in [4.78, 5) is 12.1. The molecule has 0 aliphatic rings. The fourth-order valence-electron chi connectivity index (χ4n) is 1.82. The molecule has 100 valence electrons. The fraction of sp³-hybridized carbons (Fsp3) is 0.214. The maximum absolute atomic E-state index is 11.2. The largest absolute Gasteiger partial charge is 0.396 e. The van der Waals surface area contributed by atoms with E-state index in [0.717, 1.165) is 16.0 Å². The summed E-state index contributed by atoms with van der Waals surface area (Å²) in [5, 5.41) is 9.55. The van der Waals surface area contributed by atoms with E-state index in [1.54, 1.807) is 6.07 Å². The molecule has 1 unspecified atom stereocenters. The van der Waals surface area contributed by atoms with Crippen molar-refractivity contribution in [1.29, 1.82) is 0 Å². The van der Waals surface area contributed by atoms with Crippen molar-refractivity contribution >= 4 is 22.2 Å². The molecule has 1 aromatic heterocycles. The minimum Gasteiger partial charge on any atom is -0.396 e. The van der Waals surface area contributed by atoms with Gasteiger partial charge in [0.1, 0.15) is 0 Å². The topological polar surface area (TPSA) is 89.3 Å². The molecule has 2 rings (SSSR count). The first-order valence-corrected chi connectivity index (χ1v) is 6.75. The maximum atomic E-state index is 11.2. The van der Waals surface area contributed by atoms with E-state index in [1.807, 2.05) is 31.2 Å². The summed E-state index contributed by atoms with van der Waals surface area (Å²) in [6.07, 6.45) is 0. The van der Waals surface area contributed by atoms with Gasteiger partial charge in [0.2, 0.25) is 0 Å². The number of aliphatic hydroxyl groups excluding tert-OH is 1. The summed E-state index contributed by atoms with van der Waals surface area (Å²) in [7, 11) is 0. The molecule has 0 saturated carbocycles. The van der Waals surface area contributed by atoms with E-state index in [9.17, 15) is 4.79 Å². The zero-order valence-corrected chi connectivity index (χ0v) is 11.4. The second-order valence-electron chi connectivity index (χ2n) is 4.46. The van der Waals surface area contributed by atoms with E-state index in [0.29, 0.717) is 10.6 Å². The van der Waals surface area contributed by atoms with Gasteiger partial charge in [0.15, 0.2) is 0 Å². The smallest absolute Gasteiger partial charge is 0.251 e. The summed E-state index contributed by atoms with van der Waals surface area (Å²) in [6, 6.07) is 9.56. The van der Waals surface area contributed by atoms with Crippen LogP contribution in [0.3, 0.4) is 0 Å². The van der Waals surface area contributed by atoms with Gasteiger partial charge in [-0.2, -0.15) is 0 Å². The molecule has 0 spiro atoms. The number of carbonyl (C=O) groups is 1. The maximum Gasteiger partial charge on any atom is 0.251 e. The van der Waals surface area contributed by atoms with Gasteiger partial charge in [-0.15, -0.1) is 11.3 Å². The standard InChI is InChI=1S/C14H16N2O2S/c1-8(7-17)9-2-4-10(5-3-9)12-6-11(13(15)18)14(16)19-12/h2-6,8,17H,7,16H2,1H3,(H2,15,18). The molecule has 0 fully saturated rings. The molecule has 1 aromatic carbocycles. The van der Waals surface area contributed by atoms with E-state index >= 15 is 0 Å². The van der Waals surface area contributed by atoms with Crippen LogP contribution in [-0.4, -0.2) is 17.6 Å². The summed E-state index contributed by atoms with van der Waals surface area (Å²) < 4.78 is 0. The van der Waals surface area contributed by atoms with Gasteiger partial charge >= 0.3 is 0 Å².